The molecule has 196 valence electrons. The second-order valence-electron chi connectivity index (χ2n) is 9.82. The molecule has 0 spiro atoms. The predicted octanol–water partition coefficient (Wildman–Crippen LogP) is 6.59. The average molecular weight is 512 g/mol. The van der Waals surface area contributed by atoms with Crippen LogP contribution in [0.25, 0.3) is 22.4 Å². The van der Waals surface area contributed by atoms with Crippen LogP contribution in [-0.2, 0) is 6.54 Å². The summed E-state index contributed by atoms with van der Waals surface area (Å²) in [7, 11) is 3.38. The van der Waals surface area contributed by atoms with Gasteiger partial charge >= 0.3 is 0 Å². The highest BCUT2D eigenvalue weighted by molar-refractivity contribution is 5.92. The van der Waals surface area contributed by atoms with Crippen molar-refractivity contribution in [2.75, 3.05) is 32.3 Å². The average Bonchev–Trinajstić information content (AvgIpc) is 3.46. The van der Waals surface area contributed by atoms with Crippen LogP contribution in [0, 0.1) is 0 Å². The molecule has 0 amide bonds. The summed E-state index contributed by atoms with van der Waals surface area (Å²) in [6.07, 6.45) is 6.48. The van der Waals surface area contributed by atoms with Crippen LogP contribution < -0.4 is 24.4 Å². The van der Waals surface area contributed by atoms with Crippen LogP contribution in [0.4, 0.5) is 11.4 Å². The number of methoxy groups -OCH3 is 2. The van der Waals surface area contributed by atoms with Gasteiger partial charge in [0, 0.05) is 28.8 Å². The molecule has 7 heteroatoms. The predicted molar refractivity (Wildman–Crippen MR) is 149 cm³/mol. The number of ether oxygens (including phenoxy) is 3. The minimum atomic E-state index is 0.518. The third kappa shape index (κ3) is 4.70. The van der Waals surface area contributed by atoms with E-state index in [2.05, 4.69) is 51.8 Å². The molecule has 0 bridgehead atoms. The molecule has 4 aromatic rings. The molecule has 6 rings (SSSR count). The minimum absolute atomic E-state index is 0.518. The van der Waals surface area contributed by atoms with E-state index >= 15 is 0 Å². The van der Waals surface area contributed by atoms with Gasteiger partial charge in [0.05, 0.1) is 38.7 Å². The zero-order valence-electron chi connectivity index (χ0n) is 21.9. The molecule has 7 nitrogen and oxygen atoms in total. The first-order valence-electron chi connectivity index (χ1n) is 13.3. The molecule has 0 aliphatic carbocycles. The first kappa shape index (κ1) is 24.4. The largest absolute Gasteiger partial charge is 0.497 e. The number of rotatable bonds is 8. The van der Waals surface area contributed by atoms with Crippen LogP contribution in [0.5, 0.6) is 17.2 Å². The summed E-state index contributed by atoms with van der Waals surface area (Å²) in [5.74, 6) is 2.47. The lowest BCUT2D eigenvalue weighted by atomic mass is 9.96. The summed E-state index contributed by atoms with van der Waals surface area (Å²) in [5.41, 5.74) is 7.09. The normalized spacial score (nSPS) is 16.5. The van der Waals surface area contributed by atoms with Crippen LogP contribution in [0.3, 0.4) is 0 Å². The van der Waals surface area contributed by atoms with Gasteiger partial charge in [-0.2, -0.15) is 0 Å². The maximum absolute atomic E-state index is 6.52. The molecule has 38 heavy (non-hydrogen) atoms. The quantitative estimate of drug-likeness (QED) is 0.286. The molecule has 0 radical (unpaired) electrons. The van der Waals surface area contributed by atoms with Gasteiger partial charge in [0.25, 0.3) is 0 Å². The molecule has 2 aliphatic heterocycles. The zero-order valence-corrected chi connectivity index (χ0v) is 21.9. The summed E-state index contributed by atoms with van der Waals surface area (Å²) >= 11 is 0. The van der Waals surface area contributed by atoms with Gasteiger partial charge in [-0.1, -0.05) is 29.8 Å². The van der Waals surface area contributed by atoms with E-state index in [-0.39, 0.29) is 0 Å². The van der Waals surface area contributed by atoms with Crippen molar-refractivity contribution >= 4 is 11.4 Å². The SMILES string of the molecule is COc1ccc(-c2c(OCCC3CCCCN3)cccc2N2Cc3conc3-c3ccc(OC)cc32)cc1. The molecule has 1 fully saturated rings. The van der Waals surface area contributed by atoms with Gasteiger partial charge in [0.1, 0.15) is 29.2 Å². The Hall–Kier alpha value is -3.97. The van der Waals surface area contributed by atoms with E-state index in [0.29, 0.717) is 19.2 Å². The third-order valence-electron chi connectivity index (χ3n) is 7.53. The van der Waals surface area contributed by atoms with Crippen molar-refractivity contribution in [1.82, 2.24) is 10.5 Å². The van der Waals surface area contributed by atoms with E-state index in [1.165, 1.54) is 19.3 Å². The summed E-state index contributed by atoms with van der Waals surface area (Å²) in [6, 6.07) is 21.0. The Kier molecular flexibility index (Phi) is 6.92. The Morgan fingerprint density at radius 1 is 0.974 bits per heavy atom. The number of aromatic nitrogens is 1. The maximum atomic E-state index is 6.52. The van der Waals surface area contributed by atoms with Crippen molar-refractivity contribution in [1.29, 1.82) is 0 Å². The Bertz CT molecular complexity index is 1390. The number of fused-ring (bicyclic) bond motifs is 3. The lowest BCUT2D eigenvalue weighted by molar-refractivity contribution is 0.269. The lowest BCUT2D eigenvalue weighted by Crippen LogP contribution is -2.35. The Morgan fingerprint density at radius 2 is 1.82 bits per heavy atom. The fourth-order valence-electron chi connectivity index (χ4n) is 5.52. The smallest absolute Gasteiger partial charge is 0.129 e. The second kappa shape index (κ2) is 10.8. The van der Waals surface area contributed by atoms with Crippen LogP contribution in [0.15, 0.2) is 71.4 Å². The summed E-state index contributed by atoms with van der Waals surface area (Å²) in [5, 5.41) is 7.92. The molecular weight excluding hydrogens is 478 g/mol. The van der Waals surface area contributed by atoms with E-state index < -0.39 is 0 Å². The maximum Gasteiger partial charge on any atom is 0.129 e. The number of hydrogen-bond donors (Lipinski definition) is 1. The summed E-state index contributed by atoms with van der Waals surface area (Å²) in [4.78, 5) is 2.30. The van der Waals surface area contributed by atoms with E-state index in [0.717, 1.165) is 69.5 Å². The van der Waals surface area contributed by atoms with Crippen molar-refractivity contribution in [3.05, 3.63) is 72.5 Å². The van der Waals surface area contributed by atoms with Crippen molar-refractivity contribution in [2.24, 2.45) is 0 Å². The first-order valence-corrected chi connectivity index (χ1v) is 13.3. The number of nitrogens with one attached hydrogen (secondary N) is 1. The van der Waals surface area contributed by atoms with Gasteiger partial charge in [-0.15, -0.1) is 0 Å². The molecule has 1 N–H and O–H groups in total. The molecule has 2 aliphatic rings. The molecule has 1 aromatic heterocycles. The van der Waals surface area contributed by atoms with E-state index in [1.807, 2.05) is 24.3 Å². The monoisotopic (exact) mass is 511 g/mol. The highest BCUT2D eigenvalue weighted by Crippen LogP contribution is 2.48. The summed E-state index contributed by atoms with van der Waals surface area (Å²) < 4.78 is 22.9. The van der Waals surface area contributed by atoms with E-state index in [1.54, 1.807) is 20.5 Å². The van der Waals surface area contributed by atoms with Gasteiger partial charge in [0.15, 0.2) is 0 Å². The highest BCUT2D eigenvalue weighted by atomic mass is 16.5. The van der Waals surface area contributed by atoms with Gasteiger partial charge in [-0.25, -0.2) is 0 Å². The first-order chi connectivity index (χ1) is 18.7. The zero-order chi connectivity index (χ0) is 25.9. The Morgan fingerprint density at radius 3 is 2.61 bits per heavy atom. The van der Waals surface area contributed by atoms with E-state index in [4.69, 9.17) is 18.7 Å². The fraction of sp³-hybridized carbons (Fsp3) is 0.323. The van der Waals surface area contributed by atoms with Crippen molar-refractivity contribution in [2.45, 2.75) is 38.3 Å². The minimum Gasteiger partial charge on any atom is -0.497 e. The highest BCUT2D eigenvalue weighted by Gasteiger charge is 2.29. The van der Waals surface area contributed by atoms with Crippen LogP contribution in [-0.4, -0.2) is 38.6 Å². The third-order valence-corrected chi connectivity index (χ3v) is 7.53. The second-order valence-corrected chi connectivity index (χ2v) is 9.82. The number of piperidine rings is 1. The van der Waals surface area contributed by atoms with Crippen molar-refractivity contribution < 1.29 is 18.7 Å². The molecule has 3 aromatic carbocycles. The fourth-order valence-corrected chi connectivity index (χ4v) is 5.52. The van der Waals surface area contributed by atoms with Gasteiger partial charge in [-0.05, 0) is 67.8 Å². The molecule has 1 atom stereocenters. The number of hydrogen-bond acceptors (Lipinski definition) is 7. The Labute approximate surface area is 223 Å². The summed E-state index contributed by atoms with van der Waals surface area (Å²) in [6.45, 7) is 2.38. The Balaban J connectivity index is 1.42. The molecule has 1 unspecified atom stereocenters. The van der Waals surface area contributed by atoms with Crippen LogP contribution >= 0.6 is 0 Å². The van der Waals surface area contributed by atoms with Gasteiger partial charge < -0.3 is 29.0 Å². The van der Waals surface area contributed by atoms with Crippen LogP contribution in [0.1, 0.15) is 31.2 Å². The molecular formula is C31H33N3O4. The number of nitrogens with zero attached hydrogens (tertiary/aromatic N) is 2. The molecule has 0 saturated carbocycles. The van der Waals surface area contributed by atoms with E-state index in [9.17, 15) is 0 Å². The lowest BCUT2D eigenvalue weighted by Gasteiger charge is -2.33. The molecule has 1 saturated heterocycles. The van der Waals surface area contributed by atoms with Gasteiger partial charge in [0.2, 0.25) is 0 Å². The van der Waals surface area contributed by atoms with Gasteiger partial charge in [-0.3, -0.25) is 0 Å². The molecule has 3 heterocycles. The number of benzene rings is 3. The standard InChI is InChI=1S/C31H33N3O4/c1-35-24-11-9-21(10-12-24)30-27(7-5-8-29(30)37-17-15-23-6-3-4-16-32-23)34-19-22-20-38-33-31(22)26-14-13-25(36-2)18-28(26)34/h5,7-14,18,20,23,32H,3-4,6,15-17,19H2,1-2H3. The number of anilines is 2. The van der Waals surface area contributed by atoms with Crippen molar-refractivity contribution in [3.8, 4) is 39.6 Å². The topological polar surface area (TPSA) is 69.0 Å². The van der Waals surface area contributed by atoms with Crippen LogP contribution in [0.2, 0.25) is 0 Å². The van der Waals surface area contributed by atoms with Crippen molar-refractivity contribution in [3.63, 3.8) is 0 Å².